The van der Waals surface area contributed by atoms with E-state index >= 15 is 0 Å². The van der Waals surface area contributed by atoms with Crippen molar-refractivity contribution >= 4 is 11.9 Å². The summed E-state index contributed by atoms with van der Waals surface area (Å²) >= 11 is 0. The molecule has 1 aromatic carbocycles. The summed E-state index contributed by atoms with van der Waals surface area (Å²) in [6, 6.07) is 9.25. The van der Waals surface area contributed by atoms with E-state index in [0.29, 0.717) is 0 Å². The number of likely N-dealkylation sites (tertiary alicyclic amines) is 1. The summed E-state index contributed by atoms with van der Waals surface area (Å²) < 4.78 is 0. The SMILES string of the molecule is CC1C(=O)N([C@H](C)c2ccccc2)C[C@@]1(CO)C(=O)O. The average Bonchev–Trinajstić information content (AvgIpc) is 2.73. The smallest absolute Gasteiger partial charge is 0.314 e. The molecule has 108 valence electrons. The van der Waals surface area contributed by atoms with Crippen LogP contribution in [0.1, 0.15) is 25.5 Å². The highest BCUT2D eigenvalue weighted by atomic mass is 16.4. The monoisotopic (exact) mass is 277 g/mol. The summed E-state index contributed by atoms with van der Waals surface area (Å²) in [6.45, 7) is 2.95. The first-order valence-corrected chi connectivity index (χ1v) is 6.63. The second-order valence-electron chi connectivity index (χ2n) is 5.39. The molecule has 1 unspecified atom stereocenters. The lowest BCUT2D eigenvalue weighted by Gasteiger charge is -2.27. The molecule has 1 aliphatic rings. The van der Waals surface area contributed by atoms with E-state index in [1.807, 2.05) is 37.3 Å². The highest BCUT2D eigenvalue weighted by Crippen LogP contribution is 2.40. The van der Waals surface area contributed by atoms with Crippen molar-refractivity contribution in [2.45, 2.75) is 19.9 Å². The third-order valence-corrected chi connectivity index (χ3v) is 4.39. The number of carbonyl (C=O) groups excluding carboxylic acids is 1. The number of nitrogens with zero attached hydrogens (tertiary/aromatic N) is 1. The van der Waals surface area contributed by atoms with Crippen molar-refractivity contribution in [3.8, 4) is 0 Å². The first-order chi connectivity index (χ1) is 9.44. The fraction of sp³-hybridized carbons (Fsp3) is 0.467. The van der Waals surface area contributed by atoms with E-state index in [1.54, 1.807) is 11.8 Å². The van der Waals surface area contributed by atoms with Gasteiger partial charge in [0.15, 0.2) is 0 Å². The van der Waals surface area contributed by atoms with Gasteiger partial charge in [0, 0.05) is 6.54 Å². The second kappa shape index (κ2) is 5.25. The average molecular weight is 277 g/mol. The predicted octanol–water partition coefficient (Wildman–Crippen LogP) is 1.29. The fourth-order valence-electron chi connectivity index (χ4n) is 2.75. The molecule has 1 heterocycles. The number of aliphatic hydroxyl groups excluding tert-OH is 1. The Balaban J connectivity index is 2.31. The lowest BCUT2D eigenvalue weighted by molar-refractivity contribution is -0.154. The van der Waals surface area contributed by atoms with Gasteiger partial charge in [-0.15, -0.1) is 0 Å². The number of benzene rings is 1. The molecule has 1 aromatic rings. The highest BCUT2D eigenvalue weighted by molar-refractivity contribution is 5.91. The molecule has 20 heavy (non-hydrogen) atoms. The van der Waals surface area contributed by atoms with Crippen LogP contribution >= 0.6 is 0 Å². The number of rotatable bonds is 4. The Kier molecular flexibility index (Phi) is 3.81. The van der Waals surface area contributed by atoms with Crippen LogP contribution in [0.2, 0.25) is 0 Å². The molecule has 1 saturated heterocycles. The molecule has 0 saturated carbocycles. The van der Waals surface area contributed by atoms with Crippen LogP contribution in [-0.2, 0) is 9.59 Å². The van der Waals surface area contributed by atoms with Crippen molar-refractivity contribution in [2.75, 3.05) is 13.2 Å². The van der Waals surface area contributed by atoms with Crippen LogP contribution in [0.3, 0.4) is 0 Å². The van der Waals surface area contributed by atoms with Crippen LogP contribution in [0.4, 0.5) is 0 Å². The van der Waals surface area contributed by atoms with Crippen LogP contribution in [0.5, 0.6) is 0 Å². The van der Waals surface area contributed by atoms with E-state index in [4.69, 9.17) is 0 Å². The number of hydrogen-bond donors (Lipinski definition) is 2. The molecule has 0 aromatic heterocycles. The third-order valence-electron chi connectivity index (χ3n) is 4.39. The molecule has 3 atom stereocenters. The normalized spacial score (nSPS) is 27.6. The number of carboxylic acids is 1. The van der Waals surface area contributed by atoms with Crippen molar-refractivity contribution in [1.29, 1.82) is 0 Å². The number of carbonyl (C=O) groups is 2. The number of aliphatic hydroxyl groups is 1. The minimum Gasteiger partial charge on any atom is -0.481 e. The Bertz CT molecular complexity index is 516. The van der Waals surface area contributed by atoms with Crippen molar-refractivity contribution in [2.24, 2.45) is 11.3 Å². The van der Waals surface area contributed by atoms with Gasteiger partial charge in [0.05, 0.1) is 18.6 Å². The zero-order valence-electron chi connectivity index (χ0n) is 11.6. The van der Waals surface area contributed by atoms with Gasteiger partial charge < -0.3 is 15.1 Å². The standard InChI is InChI=1S/C15H19NO4/c1-10-13(18)16(8-15(10,9-17)14(19)20)11(2)12-6-4-3-5-7-12/h3-7,10-11,17H,8-9H2,1-2H3,(H,19,20)/t10?,11-,15+/m1/s1. The Morgan fingerprint density at radius 2 is 2.05 bits per heavy atom. The van der Waals surface area contributed by atoms with Gasteiger partial charge in [-0.3, -0.25) is 9.59 Å². The van der Waals surface area contributed by atoms with Gasteiger partial charge in [-0.25, -0.2) is 0 Å². The first kappa shape index (κ1) is 14.5. The Hall–Kier alpha value is -1.88. The molecular formula is C15H19NO4. The fourth-order valence-corrected chi connectivity index (χ4v) is 2.75. The van der Waals surface area contributed by atoms with Gasteiger partial charge in [-0.1, -0.05) is 37.3 Å². The third kappa shape index (κ3) is 2.08. The minimum absolute atomic E-state index is 0.0366. The molecule has 0 radical (unpaired) electrons. The largest absolute Gasteiger partial charge is 0.481 e. The Morgan fingerprint density at radius 1 is 1.45 bits per heavy atom. The van der Waals surface area contributed by atoms with E-state index in [0.717, 1.165) is 5.56 Å². The van der Waals surface area contributed by atoms with Crippen molar-refractivity contribution in [3.63, 3.8) is 0 Å². The zero-order valence-corrected chi connectivity index (χ0v) is 11.6. The molecule has 1 fully saturated rings. The summed E-state index contributed by atoms with van der Waals surface area (Å²) in [7, 11) is 0. The maximum atomic E-state index is 12.4. The van der Waals surface area contributed by atoms with Crippen LogP contribution in [0.15, 0.2) is 30.3 Å². The van der Waals surface area contributed by atoms with Crippen LogP contribution in [0, 0.1) is 11.3 Å². The molecule has 2 rings (SSSR count). The Labute approximate surface area is 117 Å². The van der Waals surface area contributed by atoms with Gasteiger partial charge in [0.2, 0.25) is 5.91 Å². The van der Waals surface area contributed by atoms with E-state index in [9.17, 15) is 19.8 Å². The molecule has 5 nitrogen and oxygen atoms in total. The topological polar surface area (TPSA) is 77.8 Å². The summed E-state index contributed by atoms with van der Waals surface area (Å²) in [5.41, 5.74) is -0.452. The van der Waals surface area contributed by atoms with Gasteiger partial charge in [0.1, 0.15) is 5.41 Å². The van der Waals surface area contributed by atoms with Crippen LogP contribution in [-0.4, -0.2) is 40.1 Å². The van der Waals surface area contributed by atoms with E-state index in [-0.39, 0.29) is 18.5 Å². The molecule has 5 heteroatoms. The van der Waals surface area contributed by atoms with Crippen molar-refractivity contribution < 1.29 is 19.8 Å². The summed E-state index contributed by atoms with van der Waals surface area (Å²) in [4.78, 5) is 25.4. The maximum absolute atomic E-state index is 12.4. The molecule has 0 bridgehead atoms. The highest BCUT2D eigenvalue weighted by Gasteiger charge is 2.55. The second-order valence-corrected chi connectivity index (χ2v) is 5.39. The molecular weight excluding hydrogens is 258 g/mol. The van der Waals surface area contributed by atoms with E-state index < -0.39 is 23.9 Å². The molecule has 0 spiro atoms. The number of hydrogen-bond acceptors (Lipinski definition) is 3. The lowest BCUT2D eigenvalue weighted by atomic mass is 9.79. The number of aliphatic carboxylic acids is 1. The van der Waals surface area contributed by atoms with Gasteiger partial charge in [-0.05, 0) is 12.5 Å². The van der Waals surface area contributed by atoms with E-state index in [2.05, 4.69) is 0 Å². The van der Waals surface area contributed by atoms with Gasteiger partial charge >= 0.3 is 5.97 Å². The summed E-state index contributed by atoms with van der Waals surface area (Å²) in [6.07, 6.45) is 0. The minimum atomic E-state index is -1.40. The lowest BCUT2D eigenvalue weighted by Crippen LogP contribution is -2.41. The number of amides is 1. The van der Waals surface area contributed by atoms with Crippen molar-refractivity contribution in [3.05, 3.63) is 35.9 Å². The molecule has 0 aliphatic carbocycles. The molecule has 1 amide bonds. The molecule has 1 aliphatic heterocycles. The van der Waals surface area contributed by atoms with E-state index in [1.165, 1.54) is 0 Å². The van der Waals surface area contributed by atoms with Crippen LogP contribution < -0.4 is 0 Å². The van der Waals surface area contributed by atoms with Crippen LogP contribution in [0.25, 0.3) is 0 Å². The number of carboxylic acid groups (broad SMARTS) is 1. The van der Waals surface area contributed by atoms with Gasteiger partial charge in [-0.2, -0.15) is 0 Å². The maximum Gasteiger partial charge on any atom is 0.314 e. The quantitative estimate of drug-likeness (QED) is 0.869. The Morgan fingerprint density at radius 3 is 2.50 bits per heavy atom. The summed E-state index contributed by atoms with van der Waals surface area (Å²) in [5, 5.41) is 18.9. The van der Waals surface area contributed by atoms with Crippen molar-refractivity contribution in [1.82, 2.24) is 4.90 Å². The first-order valence-electron chi connectivity index (χ1n) is 6.63. The van der Waals surface area contributed by atoms with Gasteiger partial charge in [0.25, 0.3) is 0 Å². The molecule has 2 N–H and O–H groups in total. The predicted molar refractivity (Wildman–Crippen MR) is 72.9 cm³/mol. The zero-order chi connectivity index (χ0) is 14.9. The summed E-state index contributed by atoms with van der Waals surface area (Å²) in [5.74, 6) is -2.07.